The number of nitrogens with zero attached hydrogens (tertiary/aromatic N) is 2. The molecule has 3 aromatic rings. The third-order valence-corrected chi connectivity index (χ3v) is 3.98. The minimum Gasteiger partial charge on any atom is -0.273 e. The molecular formula is C18H15ClN4O3. The highest BCUT2D eigenvalue weighted by molar-refractivity contribution is 6.30. The molecule has 0 radical (unpaired) electrons. The second-order valence-electron chi connectivity index (χ2n) is 5.63. The number of rotatable bonds is 3. The normalized spacial score (nSPS) is 10.5. The lowest BCUT2D eigenvalue weighted by Gasteiger charge is -2.10. The van der Waals surface area contributed by atoms with E-state index in [0.29, 0.717) is 15.8 Å². The maximum atomic E-state index is 12.4. The Bertz CT molecular complexity index is 1060. The molecule has 0 fully saturated rings. The predicted octanol–water partition coefficient (Wildman–Crippen LogP) is 1.59. The van der Waals surface area contributed by atoms with Gasteiger partial charge in [-0.25, -0.2) is 4.68 Å². The Morgan fingerprint density at radius 1 is 1.08 bits per heavy atom. The maximum absolute atomic E-state index is 12.4. The summed E-state index contributed by atoms with van der Waals surface area (Å²) in [5.74, 6) is -1.02. The number of aromatic nitrogens is 2. The lowest BCUT2D eigenvalue weighted by atomic mass is 10.1. The van der Waals surface area contributed by atoms with Crippen LogP contribution in [0.1, 0.15) is 16.1 Å². The van der Waals surface area contributed by atoms with Gasteiger partial charge < -0.3 is 0 Å². The number of benzene rings is 2. The lowest BCUT2D eigenvalue weighted by molar-refractivity contribution is -0.121. The molecule has 2 N–H and O–H groups in total. The summed E-state index contributed by atoms with van der Waals surface area (Å²) in [6.45, 7) is 0. The Hall–Kier alpha value is -3.19. The van der Waals surface area contributed by atoms with Crippen LogP contribution in [0.25, 0.3) is 10.8 Å². The maximum Gasteiger partial charge on any atom is 0.290 e. The number of halogens is 1. The monoisotopic (exact) mass is 370 g/mol. The van der Waals surface area contributed by atoms with Gasteiger partial charge in [0.1, 0.15) is 0 Å². The van der Waals surface area contributed by atoms with Crippen molar-refractivity contribution in [3.63, 3.8) is 0 Å². The number of hydrogen-bond donors (Lipinski definition) is 2. The van der Waals surface area contributed by atoms with Crippen molar-refractivity contribution >= 4 is 34.2 Å². The quantitative estimate of drug-likeness (QED) is 0.685. The van der Waals surface area contributed by atoms with E-state index in [-0.39, 0.29) is 17.7 Å². The molecule has 0 atom stereocenters. The Kier molecular flexibility index (Phi) is 4.99. The predicted molar refractivity (Wildman–Crippen MR) is 97.7 cm³/mol. The first-order valence-electron chi connectivity index (χ1n) is 7.75. The summed E-state index contributed by atoms with van der Waals surface area (Å²) in [6, 6.07) is 13.5. The molecule has 26 heavy (non-hydrogen) atoms. The minimum absolute atomic E-state index is 0.0470. The van der Waals surface area contributed by atoms with E-state index in [2.05, 4.69) is 16.0 Å². The number of fused-ring (bicyclic) bond motifs is 1. The number of carbonyl (C=O) groups excluding carboxylic acids is 2. The zero-order valence-corrected chi connectivity index (χ0v) is 14.6. The Morgan fingerprint density at radius 2 is 1.81 bits per heavy atom. The summed E-state index contributed by atoms with van der Waals surface area (Å²) in [7, 11) is 1.46. The van der Waals surface area contributed by atoms with Crippen molar-refractivity contribution in [3.05, 3.63) is 75.2 Å². The van der Waals surface area contributed by atoms with Gasteiger partial charge in [0, 0.05) is 17.5 Å². The van der Waals surface area contributed by atoms with Crippen molar-refractivity contribution < 1.29 is 9.59 Å². The fourth-order valence-corrected chi connectivity index (χ4v) is 2.74. The van der Waals surface area contributed by atoms with Crippen molar-refractivity contribution in [2.24, 2.45) is 7.05 Å². The Balaban J connectivity index is 1.75. The van der Waals surface area contributed by atoms with Crippen LogP contribution < -0.4 is 16.4 Å². The van der Waals surface area contributed by atoms with E-state index in [1.807, 2.05) is 0 Å². The fourth-order valence-electron chi connectivity index (χ4n) is 2.53. The molecule has 0 spiro atoms. The topological polar surface area (TPSA) is 93.1 Å². The standard InChI is InChI=1S/C18H15ClN4O3/c1-23-18(26)14-8-3-2-7-13(14)16(22-23)17(25)21-20-15(24)10-11-5-4-6-12(19)9-11/h2-9H,10H2,1H3,(H,20,24)(H,21,25). The van der Waals surface area contributed by atoms with Crippen LogP contribution in [0.4, 0.5) is 0 Å². The summed E-state index contributed by atoms with van der Waals surface area (Å²) in [6.07, 6.45) is 0.0578. The first-order valence-corrected chi connectivity index (χ1v) is 8.13. The third kappa shape index (κ3) is 3.73. The van der Waals surface area contributed by atoms with Crippen LogP contribution in [0, 0.1) is 0 Å². The number of aryl methyl sites for hydroxylation is 1. The molecule has 7 nitrogen and oxygen atoms in total. The molecule has 8 heteroatoms. The second kappa shape index (κ2) is 7.37. The molecule has 0 aliphatic heterocycles. The molecule has 132 valence electrons. The van der Waals surface area contributed by atoms with Crippen LogP contribution in [-0.2, 0) is 18.3 Å². The van der Waals surface area contributed by atoms with Gasteiger partial charge in [0.15, 0.2) is 5.69 Å². The first-order chi connectivity index (χ1) is 12.5. The van der Waals surface area contributed by atoms with E-state index in [1.54, 1.807) is 48.5 Å². The molecular weight excluding hydrogens is 356 g/mol. The number of hydrazine groups is 1. The molecule has 3 rings (SSSR count). The summed E-state index contributed by atoms with van der Waals surface area (Å²) in [4.78, 5) is 36.5. The van der Waals surface area contributed by atoms with Gasteiger partial charge in [0.2, 0.25) is 5.91 Å². The van der Waals surface area contributed by atoms with Crippen LogP contribution in [0.2, 0.25) is 5.02 Å². The summed E-state index contributed by atoms with van der Waals surface area (Å²) < 4.78 is 1.09. The number of hydrogen-bond acceptors (Lipinski definition) is 4. The van der Waals surface area contributed by atoms with Crippen molar-refractivity contribution in [1.82, 2.24) is 20.6 Å². The molecule has 0 bridgehead atoms. The number of amides is 2. The van der Waals surface area contributed by atoms with Crippen LogP contribution in [0.5, 0.6) is 0 Å². The van der Waals surface area contributed by atoms with Crippen LogP contribution in [0.15, 0.2) is 53.3 Å². The minimum atomic E-state index is -0.615. The van der Waals surface area contributed by atoms with Crippen molar-refractivity contribution in [2.75, 3.05) is 0 Å². The van der Waals surface area contributed by atoms with Crippen molar-refractivity contribution in [2.45, 2.75) is 6.42 Å². The van der Waals surface area contributed by atoms with Crippen LogP contribution >= 0.6 is 11.6 Å². The molecule has 2 aromatic carbocycles. The average molecular weight is 371 g/mol. The smallest absolute Gasteiger partial charge is 0.273 e. The number of nitrogens with one attached hydrogen (secondary N) is 2. The number of carbonyl (C=O) groups is 2. The first kappa shape index (κ1) is 17.6. The molecule has 0 unspecified atom stereocenters. The SMILES string of the molecule is Cn1nc(C(=O)NNC(=O)Cc2cccc(Cl)c2)c2ccccc2c1=O. The summed E-state index contributed by atoms with van der Waals surface area (Å²) in [5, 5.41) is 5.32. The summed E-state index contributed by atoms with van der Waals surface area (Å²) >= 11 is 5.88. The molecule has 1 aromatic heterocycles. The Morgan fingerprint density at radius 3 is 2.54 bits per heavy atom. The molecule has 2 amide bonds. The third-order valence-electron chi connectivity index (χ3n) is 3.74. The zero-order chi connectivity index (χ0) is 18.7. The van der Waals surface area contributed by atoms with Crippen molar-refractivity contribution in [3.8, 4) is 0 Å². The Labute approximate surface area is 153 Å². The highest BCUT2D eigenvalue weighted by Gasteiger charge is 2.16. The molecule has 0 saturated heterocycles. The van der Waals surface area contributed by atoms with Gasteiger partial charge in [-0.2, -0.15) is 5.10 Å². The van der Waals surface area contributed by atoms with Gasteiger partial charge in [-0.3, -0.25) is 25.2 Å². The van der Waals surface area contributed by atoms with Gasteiger partial charge in [0.05, 0.1) is 11.8 Å². The van der Waals surface area contributed by atoms with E-state index < -0.39 is 11.8 Å². The zero-order valence-electron chi connectivity index (χ0n) is 13.8. The fraction of sp³-hybridized carbons (Fsp3) is 0.111. The van der Waals surface area contributed by atoms with E-state index in [4.69, 9.17) is 11.6 Å². The second-order valence-corrected chi connectivity index (χ2v) is 6.07. The van der Waals surface area contributed by atoms with Crippen LogP contribution in [0.3, 0.4) is 0 Å². The van der Waals surface area contributed by atoms with E-state index in [0.717, 1.165) is 10.2 Å². The lowest BCUT2D eigenvalue weighted by Crippen LogP contribution is -2.43. The molecule has 0 saturated carbocycles. The highest BCUT2D eigenvalue weighted by atomic mass is 35.5. The highest BCUT2D eigenvalue weighted by Crippen LogP contribution is 2.13. The van der Waals surface area contributed by atoms with E-state index in [1.165, 1.54) is 7.05 Å². The van der Waals surface area contributed by atoms with Gasteiger partial charge in [-0.1, -0.05) is 41.9 Å². The van der Waals surface area contributed by atoms with Gasteiger partial charge in [0.25, 0.3) is 11.5 Å². The van der Waals surface area contributed by atoms with Gasteiger partial charge in [-0.15, -0.1) is 0 Å². The summed E-state index contributed by atoms with van der Waals surface area (Å²) in [5.41, 5.74) is 5.12. The molecule has 1 heterocycles. The van der Waals surface area contributed by atoms with E-state index >= 15 is 0 Å². The molecule has 0 aliphatic rings. The van der Waals surface area contributed by atoms with E-state index in [9.17, 15) is 14.4 Å². The molecule has 0 aliphatic carbocycles. The van der Waals surface area contributed by atoms with Crippen molar-refractivity contribution in [1.29, 1.82) is 0 Å². The van der Waals surface area contributed by atoms with Gasteiger partial charge in [-0.05, 0) is 23.8 Å². The van der Waals surface area contributed by atoms with Gasteiger partial charge >= 0.3 is 0 Å². The largest absolute Gasteiger partial charge is 0.290 e. The van der Waals surface area contributed by atoms with Crippen LogP contribution in [-0.4, -0.2) is 21.6 Å². The average Bonchev–Trinajstić information content (AvgIpc) is 2.63.